The van der Waals surface area contributed by atoms with Gasteiger partial charge in [0.05, 0.1) is 12.4 Å². The van der Waals surface area contributed by atoms with Gasteiger partial charge in [0.2, 0.25) is 0 Å². The summed E-state index contributed by atoms with van der Waals surface area (Å²) in [6.07, 6.45) is 9.24. The van der Waals surface area contributed by atoms with Crippen LogP contribution in [-0.4, -0.2) is 31.2 Å². The van der Waals surface area contributed by atoms with E-state index in [9.17, 15) is 0 Å². The van der Waals surface area contributed by atoms with Crippen LogP contribution in [0.4, 0.5) is 5.82 Å². The van der Waals surface area contributed by atoms with Crippen molar-refractivity contribution in [2.75, 3.05) is 12.3 Å². The molecule has 2 atom stereocenters. The summed E-state index contributed by atoms with van der Waals surface area (Å²) in [6.45, 7) is 0.201. The fourth-order valence-electron chi connectivity index (χ4n) is 2.55. The summed E-state index contributed by atoms with van der Waals surface area (Å²) >= 11 is 0. The average molecular weight is 245 g/mol. The van der Waals surface area contributed by atoms with Crippen molar-refractivity contribution in [2.24, 2.45) is 5.92 Å². The Hall–Kier alpha value is -1.95. The Bertz CT molecular complexity index is 591. The molecule has 3 rings (SSSR count). The van der Waals surface area contributed by atoms with Gasteiger partial charge in [0, 0.05) is 6.61 Å². The molecule has 0 unspecified atom stereocenters. The van der Waals surface area contributed by atoms with E-state index in [-0.39, 0.29) is 12.6 Å². The van der Waals surface area contributed by atoms with Gasteiger partial charge in [-0.25, -0.2) is 15.0 Å². The third kappa shape index (κ3) is 1.65. The summed E-state index contributed by atoms with van der Waals surface area (Å²) in [7, 11) is 0. The van der Waals surface area contributed by atoms with Crippen LogP contribution in [0, 0.1) is 5.92 Å². The Morgan fingerprint density at radius 1 is 1.39 bits per heavy atom. The van der Waals surface area contributed by atoms with Gasteiger partial charge in [0.15, 0.2) is 11.5 Å². The molecule has 6 nitrogen and oxygen atoms in total. The van der Waals surface area contributed by atoms with Crippen molar-refractivity contribution < 1.29 is 5.11 Å². The van der Waals surface area contributed by atoms with Gasteiger partial charge in [0.25, 0.3) is 0 Å². The molecule has 0 aromatic carbocycles. The van der Waals surface area contributed by atoms with Crippen LogP contribution in [-0.2, 0) is 0 Å². The number of fused-ring (bicyclic) bond motifs is 1. The van der Waals surface area contributed by atoms with Crippen LogP contribution in [0.25, 0.3) is 11.2 Å². The number of hydrogen-bond donors (Lipinski definition) is 2. The number of hydrogen-bond acceptors (Lipinski definition) is 5. The van der Waals surface area contributed by atoms with Gasteiger partial charge in [-0.2, -0.15) is 0 Å². The molecular formula is C12H15N5O. The number of aliphatic hydroxyl groups excluding tert-OH is 1. The summed E-state index contributed by atoms with van der Waals surface area (Å²) in [5, 5.41) is 9.10. The van der Waals surface area contributed by atoms with Crippen LogP contribution in [0.3, 0.4) is 0 Å². The van der Waals surface area contributed by atoms with Crippen LogP contribution in [0.5, 0.6) is 0 Å². The summed E-state index contributed by atoms with van der Waals surface area (Å²) in [6, 6.07) is 0.191. The lowest BCUT2D eigenvalue weighted by Crippen LogP contribution is -2.15. The number of nitrogen functional groups attached to an aromatic ring is 1. The van der Waals surface area contributed by atoms with E-state index in [1.165, 1.54) is 6.33 Å². The smallest absolute Gasteiger partial charge is 0.165 e. The fraction of sp³-hybridized carbons (Fsp3) is 0.417. The number of nitrogens with two attached hydrogens (primary N) is 1. The first kappa shape index (κ1) is 11.2. The second kappa shape index (κ2) is 4.38. The maximum absolute atomic E-state index is 9.10. The molecule has 0 aliphatic heterocycles. The molecule has 6 heteroatoms. The maximum atomic E-state index is 9.10. The quantitative estimate of drug-likeness (QED) is 0.784. The summed E-state index contributed by atoms with van der Waals surface area (Å²) < 4.78 is 2.01. The molecule has 18 heavy (non-hydrogen) atoms. The zero-order chi connectivity index (χ0) is 12.5. The predicted octanol–water partition coefficient (Wildman–Crippen LogP) is 0.908. The molecule has 0 saturated carbocycles. The van der Waals surface area contributed by atoms with Crippen LogP contribution in [0.15, 0.2) is 24.8 Å². The summed E-state index contributed by atoms with van der Waals surface area (Å²) in [5.41, 5.74) is 7.17. The molecule has 0 radical (unpaired) electrons. The number of allylic oxidation sites excluding steroid dienone is 2. The number of aliphatic hydroxyl groups is 1. The second-order valence-electron chi connectivity index (χ2n) is 4.51. The molecule has 0 fully saturated rings. The number of rotatable bonds is 3. The first-order valence-corrected chi connectivity index (χ1v) is 6.02. The molecule has 2 aromatic heterocycles. The van der Waals surface area contributed by atoms with E-state index in [2.05, 4.69) is 27.1 Å². The Morgan fingerprint density at radius 2 is 2.28 bits per heavy atom. The van der Waals surface area contributed by atoms with Gasteiger partial charge >= 0.3 is 0 Å². The number of nitrogens with zero attached hydrogens (tertiary/aromatic N) is 4. The average Bonchev–Trinajstić information content (AvgIpc) is 2.96. The van der Waals surface area contributed by atoms with Gasteiger partial charge in [-0.15, -0.1) is 0 Å². The number of anilines is 1. The highest BCUT2D eigenvalue weighted by Crippen LogP contribution is 2.34. The first-order chi connectivity index (χ1) is 8.81. The van der Waals surface area contributed by atoms with E-state index in [0.29, 0.717) is 17.3 Å². The third-order valence-corrected chi connectivity index (χ3v) is 3.46. The maximum Gasteiger partial charge on any atom is 0.165 e. The zero-order valence-corrected chi connectivity index (χ0v) is 9.90. The Morgan fingerprint density at radius 3 is 3.11 bits per heavy atom. The minimum atomic E-state index is 0.191. The lowest BCUT2D eigenvalue weighted by atomic mass is 9.99. The fourth-order valence-corrected chi connectivity index (χ4v) is 2.55. The minimum Gasteiger partial charge on any atom is -0.396 e. The van der Waals surface area contributed by atoms with Crippen LogP contribution in [0.2, 0.25) is 0 Å². The Balaban J connectivity index is 2.04. The zero-order valence-electron chi connectivity index (χ0n) is 9.90. The highest BCUT2D eigenvalue weighted by Gasteiger charge is 2.25. The van der Waals surface area contributed by atoms with Crippen molar-refractivity contribution >= 4 is 17.0 Å². The monoisotopic (exact) mass is 245 g/mol. The van der Waals surface area contributed by atoms with Crippen molar-refractivity contribution in [2.45, 2.75) is 18.9 Å². The predicted molar refractivity (Wildman–Crippen MR) is 67.7 cm³/mol. The van der Waals surface area contributed by atoms with E-state index in [4.69, 9.17) is 10.8 Å². The molecule has 1 aliphatic rings. The van der Waals surface area contributed by atoms with Crippen LogP contribution < -0.4 is 5.73 Å². The molecule has 0 spiro atoms. The molecule has 0 amide bonds. The molecule has 2 heterocycles. The van der Waals surface area contributed by atoms with Gasteiger partial charge in [-0.05, 0) is 18.8 Å². The van der Waals surface area contributed by atoms with E-state index in [1.54, 1.807) is 6.33 Å². The highest BCUT2D eigenvalue weighted by molar-refractivity contribution is 5.81. The molecule has 94 valence electrons. The van der Waals surface area contributed by atoms with Gasteiger partial charge in [-0.1, -0.05) is 12.2 Å². The SMILES string of the molecule is Nc1ncnc2c1ncn2[C@@H]1C=CC[C@@H]1CCO. The summed E-state index contributed by atoms with van der Waals surface area (Å²) in [4.78, 5) is 12.5. The normalized spacial score (nSPS) is 22.9. The third-order valence-electron chi connectivity index (χ3n) is 3.46. The topological polar surface area (TPSA) is 89.9 Å². The van der Waals surface area contributed by atoms with Crippen LogP contribution >= 0.6 is 0 Å². The molecule has 3 N–H and O–H groups in total. The first-order valence-electron chi connectivity index (χ1n) is 6.02. The Kier molecular flexibility index (Phi) is 2.71. The molecule has 2 aromatic rings. The number of aromatic nitrogens is 4. The van der Waals surface area contributed by atoms with Crippen molar-refractivity contribution in [3.8, 4) is 0 Å². The van der Waals surface area contributed by atoms with Crippen molar-refractivity contribution in [1.82, 2.24) is 19.5 Å². The standard InChI is InChI=1S/C12H15N5O/c13-11-10-12(15-6-14-11)17(7-16-10)9-3-1-2-8(9)4-5-18/h1,3,6-9,18H,2,4-5H2,(H2,13,14,15)/t8-,9-/m1/s1. The van der Waals surface area contributed by atoms with Gasteiger partial charge in [-0.3, -0.25) is 0 Å². The van der Waals surface area contributed by atoms with Crippen molar-refractivity contribution in [3.05, 3.63) is 24.8 Å². The molecule has 0 saturated heterocycles. The van der Waals surface area contributed by atoms with Crippen LogP contribution in [0.1, 0.15) is 18.9 Å². The highest BCUT2D eigenvalue weighted by atomic mass is 16.3. The number of imidazole rings is 1. The lowest BCUT2D eigenvalue weighted by molar-refractivity contribution is 0.242. The minimum absolute atomic E-state index is 0.191. The lowest BCUT2D eigenvalue weighted by Gasteiger charge is -2.19. The van der Waals surface area contributed by atoms with E-state index < -0.39 is 0 Å². The summed E-state index contributed by atoms with van der Waals surface area (Å²) in [5.74, 6) is 0.794. The van der Waals surface area contributed by atoms with E-state index in [0.717, 1.165) is 18.5 Å². The molecule has 0 bridgehead atoms. The Labute approximate surface area is 104 Å². The molecular weight excluding hydrogens is 230 g/mol. The van der Waals surface area contributed by atoms with Crippen molar-refractivity contribution in [3.63, 3.8) is 0 Å². The van der Waals surface area contributed by atoms with E-state index >= 15 is 0 Å². The van der Waals surface area contributed by atoms with Gasteiger partial charge in [0.1, 0.15) is 11.8 Å². The van der Waals surface area contributed by atoms with E-state index in [1.807, 2.05) is 4.57 Å². The largest absolute Gasteiger partial charge is 0.396 e. The molecule has 1 aliphatic carbocycles. The van der Waals surface area contributed by atoms with Gasteiger partial charge < -0.3 is 15.4 Å². The second-order valence-corrected chi connectivity index (χ2v) is 4.51. The van der Waals surface area contributed by atoms with Crippen molar-refractivity contribution in [1.29, 1.82) is 0 Å².